The molecule has 0 saturated carbocycles. The lowest BCUT2D eigenvalue weighted by molar-refractivity contribution is 0.669. The highest BCUT2D eigenvalue weighted by molar-refractivity contribution is 6.16. The number of furan rings is 2. The van der Waals surface area contributed by atoms with Gasteiger partial charge in [0, 0.05) is 43.8 Å². The Hall–Kier alpha value is -6.59. The Morgan fingerprint density at radius 2 is 0.958 bits per heavy atom. The Morgan fingerprint density at radius 3 is 1.69 bits per heavy atom. The molecule has 5 nitrogen and oxygen atoms in total. The van der Waals surface area contributed by atoms with Crippen molar-refractivity contribution >= 4 is 54.6 Å². The Kier molecular flexibility index (Phi) is 5.81. The molecule has 10 aromatic rings. The van der Waals surface area contributed by atoms with Crippen molar-refractivity contribution in [1.82, 2.24) is 15.0 Å². The van der Waals surface area contributed by atoms with Crippen LogP contribution in [0, 0.1) is 0 Å². The number of aromatic nitrogens is 3. The molecule has 10 rings (SSSR count). The van der Waals surface area contributed by atoms with Crippen LogP contribution in [0.25, 0.3) is 99.9 Å². The minimum Gasteiger partial charge on any atom is -0.456 e. The van der Waals surface area contributed by atoms with Gasteiger partial charge in [0.1, 0.15) is 22.3 Å². The number of fused-ring (bicyclic) bond motifs is 7. The summed E-state index contributed by atoms with van der Waals surface area (Å²) in [4.78, 5) is 15.0. The third-order valence-corrected chi connectivity index (χ3v) is 9.11. The van der Waals surface area contributed by atoms with E-state index >= 15 is 0 Å². The molecular weight excluding hydrogens is 590 g/mol. The first-order chi connectivity index (χ1) is 23.8. The molecule has 48 heavy (non-hydrogen) atoms. The summed E-state index contributed by atoms with van der Waals surface area (Å²) in [5.74, 6) is 1.84. The first-order valence-corrected chi connectivity index (χ1v) is 15.9. The van der Waals surface area contributed by atoms with Crippen LogP contribution in [0.3, 0.4) is 0 Å². The standard InChI is InChI=1S/C43H25N3O2/c1-3-11-26(12-4-1)41-44-42(27-13-5-2-6-14-27)46-43(45-41)34-22-21-31(40-39(34)33-16-8-10-18-37(33)48-40)29-20-19-28-24-35-32-15-7-9-17-36(32)47-38(35)25-30(28)23-29/h1-25H. The smallest absolute Gasteiger partial charge is 0.164 e. The van der Waals surface area contributed by atoms with Crippen LogP contribution in [-0.4, -0.2) is 15.0 Å². The highest BCUT2D eigenvalue weighted by atomic mass is 16.3. The van der Waals surface area contributed by atoms with E-state index in [0.29, 0.717) is 17.5 Å². The van der Waals surface area contributed by atoms with Gasteiger partial charge in [0.05, 0.1) is 0 Å². The fraction of sp³-hybridized carbons (Fsp3) is 0. The molecule has 0 bridgehead atoms. The lowest BCUT2D eigenvalue weighted by Gasteiger charge is -2.11. The van der Waals surface area contributed by atoms with Gasteiger partial charge in [0.25, 0.3) is 0 Å². The fourth-order valence-electron chi connectivity index (χ4n) is 6.81. The van der Waals surface area contributed by atoms with Gasteiger partial charge in [-0.15, -0.1) is 0 Å². The van der Waals surface area contributed by atoms with Crippen molar-refractivity contribution in [3.8, 4) is 45.3 Å². The maximum Gasteiger partial charge on any atom is 0.164 e. The number of nitrogens with zero attached hydrogens (tertiary/aromatic N) is 3. The van der Waals surface area contributed by atoms with Gasteiger partial charge in [0.15, 0.2) is 17.5 Å². The highest BCUT2D eigenvalue weighted by Gasteiger charge is 2.21. The minimum atomic E-state index is 0.594. The SMILES string of the molecule is c1ccc(-c2nc(-c3ccccc3)nc(-c3ccc(-c4ccc5cc6c(cc5c4)oc4ccccc46)c4oc5ccccc5c34)n2)cc1. The van der Waals surface area contributed by atoms with Crippen molar-refractivity contribution in [2.45, 2.75) is 0 Å². The van der Waals surface area contributed by atoms with Gasteiger partial charge >= 0.3 is 0 Å². The molecule has 0 aliphatic heterocycles. The molecule has 5 heteroatoms. The zero-order chi connectivity index (χ0) is 31.6. The van der Waals surface area contributed by atoms with Gasteiger partial charge in [-0.3, -0.25) is 0 Å². The molecular formula is C43H25N3O2. The quantitative estimate of drug-likeness (QED) is 0.197. The molecule has 0 N–H and O–H groups in total. The van der Waals surface area contributed by atoms with E-state index in [-0.39, 0.29) is 0 Å². The molecule has 0 radical (unpaired) electrons. The molecule has 3 heterocycles. The molecule has 224 valence electrons. The molecule has 0 amide bonds. The van der Waals surface area contributed by atoms with E-state index in [2.05, 4.69) is 60.7 Å². The zero-order valence-corrected chi connectivity index (χ0v) is 25.6. The largest absolute Gasteiger partial charge is 0.456 e. The fourth-order valence-corrected chi connectivity index (χ4v) is 6.81. The molecule has 0 aliphatic carbocycles. The number of hydrogen-bond acceptors (Lipinski definition) is 5. The highest BCUT2D eigenvalue weighted by Crippen LogP contribution is 2.42. The Labute approximate surface area is 274 Å². The average molecular weight is 616 g/mol. The number of hydrogen-bond donors (Lipinski definition) is 0. The third kappa shape index (κ3) is 4.22. The van der Waals surface area contributed by atoms with Crippen LogP contribution in [0.5, 0.6) is 0 Å². The van der Waals surface area contributed by atoms with Gasteiger partial charge in [-0.05, 0) is 58.8 Å². The van der Waals surface area contributed by atoms with Crippen molar-refractivity contribution in [3.63, 3.8) is 0 Å². The van der Waals surface area contributed by atoms with Gasteiger partial charge in [-0.25, -0.2) is 15.0 Å². The Bertz CT molecular complexity index is 2780. The molecule has 0 saturated heterocycles. The third-order valence-electron chi connectivity index (χ3n) is 9.11. The van der Waals surface area contributed by atoms with Crippen molar-refractivity contribution in [3.05, 3.63) is 152 Å². The van der Waals surface area contributed by atoms with Crippen molar-refractivity contribution in [2.24, 2.45) is 0 Å². The lowest BCUT2D eigenvalue weighted by atomic mass is 9.96. The monoisotopic (exact) mass is 615 g/mol. The van der Waals surface area contributed by atoms with Crippen molar-refractivity contribution < 1.29 is 8.83 Å². The van der Waals surface area contributed by atoms with E-state index in [4.69, 9.17) is 23.8 Å². The van der Waals surface area contributed by atoms with E-state index in [1.54, 1.807) is 0 Å². The summed E-state index contributed by atoms with van der Waals surface area (Å²) >= 11 is 0. The molecule has 0 spiro atoms. The second-order valence-electron chi connectivity index (χ2n) is 12.0. The normalized spacial score (nSPS) is 11.8. The summed E-state index contributed by atoms with van der Waals surface area (Å²) in [5.41, 5.74) is 8.18. The van der Waals surface area contributed by atoms with E-state index in [9.17, 15) is 0 Å². The summed E-state index contributed by atoms with van der Waals surface area (Å²) in [6, 6.07) is 51.6. The first-order valence-electron chi connectivity index (χ1n) is 15.9. The number of para-hydroxylation sites is 2. The summed E-state index contributed by atoms with van der Waals surface area (Å²) in [7, 11) is 0. The van der Waals surface area contributed by atoms with Crippen LogP contribution in [0.1, 0.15) is 0 Å². The maximum atomic E-state index is 6.66. The van der Waals surface area contributed by atoms with Crippen LogP contribution in [-0.2, 0) is 0 Å². The van der Waals surface area contributed by atoms with E-state index in [0.717, 1.165) is 82.5 Å². The summed E-state index contributed by atoms with van der Waals surface area (Å²) < 4.78 is 12.9. The van der Waals surface area contributed by atoms with Crippen LogP contribution < -0.4 is 0 Å². The molecule has 0 fully saturated rings. The van der Waals surface area contributed by atoms with Crippen LogP contribution in [0.15, 0.2) is 160 Å². The molecule has 0 aliphatic rings. The Morgan fingerprint density at radius 1 is 0.354 bits per heavy atom. The second kappa shape index (κ2) is 10.5. The molecule has 0 atom stereocenters. The van der Waals surface area contributed by atoms with E-state index in [1.165, 1.54) is 0 Å². The zero-order valence-electron chi connectivity index (χ0n) is 25.6. The average Bonchev–Trinajstić information content (AvgIpc) is 3.72. The van der Waals surface area contributed by atoms with Crippen LogP contribution >= 0.6 is 0 Å². The first kappa shape index (κ1) is 26.6. The number of benzene rings is 7. The topological polar surface area (TPSA) is 65.0 Å². The van der Waals surface area contributed by atoms with E-state index < -0.39 is 0 Å². The van der Waals surface area contributed by atoms with Crippen molar-refractivity contribution in [2.75, 3.05) is 0 Å². The van der Waals surface area contributed by atoms with Crippen LogP contribution in [0.4, 0.5) is 0 Å². The molecule has 7 aromatic carbocycles. The predicted octanol–water partition coefficient (Wildman–Crippen LogP) is 11.5. The molecule has 0 unspecified atom stereocenters. The summed E-state index contributed by atoms with van der Waals surface area (Å²) in [5, 5.41) is 6.49. The van der Waals surface area contributed by atoms with Crippen LogP contribution in [0.2, 0.25) is 0 Å². The van der Waals surface area contributed by atoms with Crippen molar-refractivity contribution in [1.29, 1.82) is 0 Å². The van der Waals surface area contributed by atoms with Gasteiger partial charge in [-0.1, -0.05) is 109 Å². The summed E-state index contributed by atoms with van der Waals surface area (Å²) in [6.45, 7) is 0. The maximum absolute atomic E-state index is 6.66. The summed E-state index contributed by atoms with van der Waals surface area (Å²) in [6.07, 6.45) is 0. The minimum absolute atomic E-state index is 0.594. The number of rotatable bonds is 4. The van der Waals surface area contributed by atoms with Gasteiger partial charge < -0.3 is 8.83 Å². The van der Waals surface area contributed by atoms with Gasteiger partial charge in [0.2, 0.25) is 0 Å². The predicted molar refractivity (Wildman–Crippen MR) is 194 cm³/mol. The lowest BCUT2D eigenvalue weighted by Crippen LogP contribution is -2.00. The second-order valence-corrected chi connectivity index (χ2v) is 12.0. The molecule has 3 aromatic heterocycles. The van der Waals surface area contributed by atoms with E-state index in [1.807, 2.05) is 91.0 Å². The van der Waals surface area contributed by atoms with Gasteiger partial charge in [-0.2, -0.15) is 0 Å². The Balaban J connectivity index is 1.20.